The van der Waals surface area contributed by atoms with Crippen molar-refractivity contribution in [2.75, 3.05) is 18.9 Å². The van der Waals surface area contributed by atoms with Gasteiger partial charge in [-0.1, -0.05) is 11.6 Å². The largest absolute Gasteiger partial charge is 0.486 e. The standard InChI is InChI=1S/C12H10ClN3O2/c13-9-3-7(12-15-5-8(14)6-16-12)4-10-11(9)18-2-1-17-10/h3-6H,1-2,14H2. The lowest BCUT2D eigenvalue weighted by atomic mass is 10.2. The van der Waals surface area contributed by atoms with Crippen LogP contribution >= 0.6 is 11.6 Å². The van der Waals surface area contributed by atoms with Crippen LogP contribution in [0.4, 0.5) is 5.69 Å². The van der Waals surface area contributed by atoms with E-state index in [9.17, 15) is 0 Å². The first kappa shape index (κ1) is 11.1. The van der Waals surface area contributed by atoms with Crippen LogP contribution in [0, 0.1) is 0 Å². The number of ether oxygens (including phenoxy) is 2. The predicted molar refractivity (Wildman–Crippen MR) is 67.9 cm³/mol. The third kappa shape index (κ3) is 1.93. The fraction of sp³-hybridized carbons (Fsp3) is 0.167. The molecule has 2 N–H and O–H groups in total. The zero-order valence-electron chi connectivity index (χ0n) is 9.39. The minimum atomic E-state index is 0.489. The van der Waals surface area contributed by atoms with Gasteiger partial charge in [0.2, 0.25) is 0 Å². The third-order valence-electron chi connectivity index (χ3n) is 2.53. The van der Waals surface area contributed by atoms with Crippen LogP contribution in [-0.4, -0.2) is 23.2 Å². The van der Waals surface area contributed by atoms with Gasteiger partial charge in [0, 0.05) is 5.56 Å². The molecule has 5 nitrogen and oxygen atoms in total. The summed E-state index contributed by atoms with van der Waals surface area (Å²) in [5.41, 5.74) is 6.83. The molecule has 0 atom stereocenters. The lowest BCUT2D eigenvalue weighted by Crippen LogP contribution is -2.15. The molecule has 0 unspecified atom stereocenters. The van der Waals surface area contributed by atoms with E-state index in [0.717, 1.165) is 5.56 Å². The second kappa shape index (κ2) is 4.34. The lowest BCUT2D eigenvalue weighted by molar-refractivity contribution is 0.172. The Balaban J connectivity index is 2.08. The van der Waals surface area contributed by atoms with E-state index >= 15 is 0 Å². The van der Waals surface area contributed by atoms with Gasteiger partial charge in [-0.15, -0.1) is 0 Å². The van der Waals surface area contributed by atoms with Crippen LogP contribution in [0.15, 0.2) is 24.5 Å². The summed E-state index contributed by atoms with van der Waals surface area (Å²) >= 11 is 6.14. The van der Waals surface area contributed by atoms with Crippen molar-refractivity contribution in [1.29, 1.82) is 0 Å². The molecular weight excluding hydrogens is 254 g/mol. The minimum absolute atomic E-state index is 0.489. The van der Waals surface area contributed by atoms with Gasteiger partial charge in [0.15, 0.2) is 17.3 Å². The van der Waals surface area contributed by atoms with Crippen LogP contribution in [0.1, 0.15) is 0 Å². The molecule has 92 valence electrons. The quantitative estimate of drug-likeness (QED) is 0.854. The van der Waals surface area contributed by atoms with E-state index in [1.54, 1.807) is 18.5 Å². The number of hydrogen-bond donors (Lipinski definition) is 1. The molecule has 3 rings (SSSR count). The topological polar surface area (TPSA) is 70.3 Å². The Morgan fingerprint density at radius 1 is 1.11 bits per heavy atom. The summed E-state index contributed by atoms with van der Waals surface area (Å²) in [7, 11) is 0. The second-order valence-corrected chi connectivity index (χ2v) is 4.23. The van der Waals surface area contributed by atoms with Crippen LogP contribution < -0.4 is 15.2 Å². The van der Waals surface area contributed by atoms with Crippen LogP contribution in [0.5, 0.6) is 11.5 Å². The van der Waals surface area contributed by atoms with Gasteiger partial charge >= 0.3 is 0 Å². The van der Waals surface area contributed by atoms with E-state index in [2.05, 4.69) is 9.97 Å². The molecular formula is C12H10ClN3O2. The normalized spacial score (nSPS) is 13.4. The van der Waals surface area contributed by atoms with Gasteiger partial charge in [0.05, 0.1) is 23.1 Å². The van der Waals surface area contributed by atoms with Crippen molar-refractivity contribution in [3.05, 3.63) is 29.5 Å². The van der Waals surface area contributed by atoms with Crippen molar-refractivity contribution < 1.29 is 9.47 Å². The zero-order chi connectivity index (χ0) is 12.5. The van der Waals surface area contributed by atoms with Crippen LogP contribution in [0.25, 0.3) is 11.4 Å². The Labute approximate surface area is 109 Å². The number of hydrogen-bond acceptors (Lipinski definition) is 5. The molecule has 0 radical (unpaired) electrons. The fourth-order valence-corrected chi connectivity index (χ4v) is 1.99. The van der Waals surface area contributed by atoms with Gasteiger partial charge in [-0.25, -0.2) is 9.97 Å². The molecule has 0 fully saturated rings. The van der Waals surface area contributed by atoms with Gasteiger partial charge in [0.1, 0.15) is 13.2 Å². The fourth-order valence-electron chi connectivity index (χ4n) is 1.73. The minimum Gasteiger partial charge on any atom is -0.486 e. The van der Waals surface area contributed by atoms with Gasteiger partial charge in [-0.05, 0) is 12.1 Å². The number of anilines is 1. The Morgan fingerprint density at radius 3 is 2.61 bits per heavy atom. The number of fused-ring (bicyclic) bond motifs is 1. The highest BCUT2D eigenvalue weighted by Crippen LogP contribution is 2.40. The molecule has 0 saturated carbocycles. The first-order valence-corrected chi connectivity index (χ1v) is 5.79. The number of halogens is 1. The van der Waals surface area contributed by atoms with Gasteiger partial charge in [-0.3, -0.25) is 0 Å². The van der Waals surface area contributed by atoms with Crippen molar-refractivity contribution in [2.45, 2.75) is 0 Å². The van der Waals surface area contributed by atoms with E-state index in [1.807, 2.05) is 6.07 Å². The molecule has 2 heterocycles. The second-order valence-electron chi connectivity index (χ2n) is 3.82. The predicted octanol–water partition coefficient (Wildman–Crippen LogP) is 2.15. The summed E-state index contributed by atoms with van der Waals surface area (Å²) < 4.78 is 10.9. The molecule has 2 aromatic rings. The Morgan fingerprint density at radius 2 is 1.83 bits per heavy atom. The molecule has 0 aliphatic carbocycles. The van der Waals surface area contributed by atoms with Crippen molar-refractivity contribution in [3.63, 3.8) is 0 Å². The molecule has 1 aliphatic heterocycles. The van der Waals surface area contributed by atoms with E-state index < -0.39 is 0 Å². The van der Waals surface area contributed by atoms with Crippen LogP contribution in [0.2, 0.25) is 5.02 Å². The molecule has 0 amide bonds. The van der Waals surface area contributed by atoms with Gasteiger partial charge in [-0.2, -0.15) is 0 Å². The number of aromatic nitrogens is 2. The molecule has 6 heteroatoms. The summed E-state index contributed by atoms with van der Waals surface area (Å²) in [5.74, 6) is 1.73. The van der Waals surface area contributed by atoms with Crippen molar-refractivity contribution in [2.24, 2.45) is 0 Å². The van der Waals surface area contributed by atoms with E-state index in [-0.39, 0.29) is 0 Å². The average Bonchev–Trinajstić information content (AvgIpc) is 2.39. The first-order valence-electron chi connectivity index (χ1n) is 5.41. The maximum atomic E-state index is 6.14. The van der Waals surface area contributed by atoms with Gasteiger partial charge in [0.25, 0.3) is 0 Å². The van der Waals surface area contributed by atoms with Crippen molar-refractivity contribution in [1.82, 2.24) is 9.97 Å². The SMILES string of the molecule is Nc1cnc(-c2cc(Cl)c3c(c2)OCCO3)nc1. The summed E-state index contributed by atoms with van der Waals surface area (Å²) in [6.07, 6.45) is 3.10. The smallest absolute Gasteiger partial charge is 0.179 e. The number of nitrogens with two attached hydrogens (primary N) is 1. The molecule has 18 heavy (non-hydrogen) atoms. The summed E-state index contributed by atoms with van der Waals surface area (Å²) in [4.78, 5) is 8.29. The zero-order valence-corrected chi connectivity index (χ0v) is 10.1. The first-order chi connectivity index (χ1) is 8.74. The molecule has 1 aliphatic rings. The van der Waals surface area contributed by atoms with E-state index in [0.29, 0.717) is 41.2 Å². The maximum absolute atomic E-state index is 6.14. The summed E-state index contributed by atoms with van der Waals surface area (Å²) in [6, 6.07) is 3.56. The molecule has 1 aromatic carbocycles. The Kier molecular flexibility index (Phi) is 2.68. The highest BCUT2D eigenvalue weighted by molar-refractivity contribution is 6.32. The van der Waals surface area contributed by atoms with Crippen LogP contribution in [-0.2, 0) is 0 Å². The highest BCUT2D eigenvalue weighted by atomic mass is 35.5. The number of nitrogen functional groups attached to an aromatic ring is 1. The Bertz CT molecular complexity index is 587. The number of nitrogens with zero attached hydrogens (tertiary/aromatic N) is 2. The lowest BCUT2D eigenvalue weighted by Gasteiger charge is -2.20. The molecule has 1 aromatic heterocycles. The number of benzene rings is 1. The third-order valence-corrected chi connectivity index (χ3v) is 2.81. The molecule has 0 saturated heterocycles. The van der Waals surface area contributed by atoms with Crippen molar-refractivity contribution >= 4 is 17.3 Å². The van der Waals surface area contributed by atoms with Gasteiger partial charge < -0.3 is 15.2 Å². The maximum Gasteiger partial charge on any atom is 0.179 e. The van der Waals surface area contributed by atoms with Crippen molar-refractivity contribution in [3.8, 4) is 22.9 Å². The van der Waals surface area contributed by atoms with E-state index in [1.165, 1.54) is 0 Å². The highest BCUT2D eigenvalue weighted by Gasteiger charge is 2.17. The monoisotopic (exact) mass is 263 g/mol. The Hall–Kier alpha value is -2.01. The number of rotatable bonds is 1. The van der Waals surface area contributed by atoms with Crippen LogP contribution in [0.3, 0.4) is 0 Å². The molecule has 0 spiro atoms. The summed E-state index contributed by atoms with van der Waals surface area (Å²) in [5, 5.41) is 0.489. The van der Waals surface area contributed by atoms with E-state index in [4.69, 9.17) is 26.8 Å². The average molecular weight is 264 g/mol. The molecule has 0 bridgehead atoms. The summed E-state index contributed by atoms with van der Waals surface area (Å²) in [6.45, 7) is 1.01.